The summed E-state index contributed by atoms with van der Waals surface area (Å²) < 4.78 is 6.93. The summed E-state index contributed by atoms with van der Waals surface area (Å²) >= 11 is 0. The number of carbonyl (C=O) groups is 1. The van der Waals surface area contributed by atoms with Gasteiger partial charge in [0.15, 0.2) is 0 Å². The van der Waals surface area contributed by atoms with Crippen LogP contribution in [0.5, 0.6) is 0 Å². The van der Waals surface area contributed by atoms with Crippen LogP contribution in [0.3, 0.4) is 0 Å². The molecule has 9 nitrogen and oxygen atoms in total. The molecule has 1 fully saturated rings. The van der Waals surface area contributed by atoms with Crippen molar-refractivity contribution in [3.8, 4) is 0 Å². The minimum atomic E-state index is -0.450. The SMILES string of the molecule is O=C(Cn1ncc2c(=O)oc3ccccc3c21)N1CCN(c2ncccn2)CC1. The van der Waals surface area contributed by atoms with Crippen LogP contribution >= 0.6 is 0 Å². The van der Waals surface area contributed by atoms with Gasteiger partial charge >= 0.3 is 5.63 Å². The van der Waals surface area contributed by atoms with Gasteiger partial charge in [0.25, 0.3) is 0 Å². The van der Waals surface area contributed by atoms with Gasteiger partial charge in [-0.15, -0.1) is 0 Å². The van der Waals surface area contributed by atoms with Crippen molar-refractivity contribution in [3.05, 3.63) is 59.3 Å². The smallest absolute Gasteiger partial charge is 0.347 e. The number of nitrogens with zero attached hydrogens (tertiary/aromatic N) is 6. The predicted molar refractivity (Wildman–Crippen MR) is 107 cm³/mol. The van der Waals surface area contributed by atoms with Crippen LogP contribution in [0.25, 0.3) is 21.9 Å². The molecule has 146 valence electrons. The maximum absolute atomic E-state index is 12.9. The minimum Gasteiger partial charge on any atom is -0.422 e. The topological polar surface area (TPSA) is 97.4 Å². The highest BCUT2D eigenvalue weighted by Gasteiger charge is 2.24. The Hall–Kier alpha value is -3.75. The van der Waals surface area contributed by atoms with Gasteiger partial charge in [0.2, 0.25) is 11.9 Å². The lowest BCUT2D eigenvalue weighted by Gasteiger charge is -2.34. The van der Waals surface area contributed by atoms with E-state index >= 15 is 0 Å². The first-order chi connectivity index (χ1) is 14.2. The Bertz CT molecular complexity index is 1240. The highest BCUT2D eigenvalue weighted by Crippen LogP contribution is 2.22. The fourth-order valence-electron chi connectivity index (χ4n) is 3.68. The summed E-state index contributed by atoms with van der Waals surface area (Å²) in [5.74, 6) is 0.636. The van der Waals surface area contributed by atoms with Crippen LogP contribution in [0, 0.1) is 0 Å². The third kappa shape index (κ3) is 3.10. The first-order valence-corrected chi connectivity index (χ1v) is 9.38. The van der Waals surface area contributed by atoms with E-state index in [9.17, 15) is 9.59 Å². The molecule has 1 saturated heterocycles. The van der Waals surface area contributed by atoms with Crippen LogP contribution in [0.4, 0.5) is 5.95 Å². The Morgan fingerprint density at radius 3 is 2.55 bits per heavy atom. The normalized spacial score (nSPS) is 14.6. The molecule has 1 amide bonds. The molecule has 0 atom stereocenters. The minimum absolute atomic E-state index is 0.0408. The van der Waals surface area contributed by atoms with E-state index in [1.165, 1.54) is 6.20 Å². The lowest BCUT2D eigenvalue weighted by molar-refractivity contribution is -0.132. The Kier molecular flexibility index (Phi) is 4.19. The molecule has 0 N–H and O–H groups in total. The number of benzene rings is 1. The summed E-state index contributed by atoms with van der Waals surface area (Å²) in [5.41, 5.74) is 0.658. The number of fused-ring (bicyclic) bond motifs is 3. The predicted octanol–water partition coefficient (Wildman–Crippen LogP) is 1.28. The van der Waals surface area contributed by atoms with Crippen LogP contribution in [0.2, 0.25) is 0 Å². The van der Waals surface area contributed by atoms with Gasteiger partial charge in [-0.05, 0) is 18.2 Å². The van der Waals surface area contributed by atoms with Crippen molar-refractivity contribution in [2.45, 2.75) is 6.54 Å². The molecule has 4 aromatic rings. The zero-order valence-electron chi connectivity index (χ0n) is 15.6. The lowest BCUT2D eigenvalue weighted by Crippen LogP contribution is -2.50. The van der Waals surface area contributed by atoms with Gasteiger partial charge < -0.3 is 14.2 Å². The quantitative estimate of drug-likeness (QED) is 0.486. The first kappa shape index (κ1) is 17.4. The maximum Gasteiger partial charge on any atom is 0.347 e. The summed E-state index contributed by atoms with van der Waals surface area (Å²) in [5, 5.41) is 5.42. The maximum atomic E-state index is 12.9. The third-order valence-electron chi connectivity index (χ3n) is 5.16. The molecule has 0 spiro atoms. The Morgan fingerprint density at radius 2 is 1.76 bits per heavy atom. The van der Waals surface area contributed by atoms with Crippen molar-refractivity contribution >= 4 is 33.7 Å². The van der Waals surface area contributed by atoms with Gasteiger partial charge in [-0.25, -0.2) is 14.8 Å². The van der Waals surface area contributed by atoms with E-state index in [-0.39, 0.29) is 12.5 Å². The summed E-state index contributed by atoms with van der Waals surface area (Å²) in [6.07, 6.45) is 4.89. The lowest BCUT2D eigenvalue weighted by atomic mass is 10.2. The molecule has 5 rings (SSSR count). The molecule has 4 heterocycles. The molecule has 1 aliphatic heterocycles. The summed E-state index contributed by atoms with van der Waals surface area (Å²) in [6, 6.07) is 9.05. The average molecular weight is 390 g/mol. The number of carbonyl (C=O) groups excluding carboxylic acids is 1. The summed E-state index contributed by atoms with van der Waals surface area (Å²) in [4.78, 5) is 37.5. The van der Waals surface area contributed by atoms with E-state index in [1.54, 1.807) is 40.2 Å². The summed E-state index contributed by atoms with van der Waals surface area (Å²) in [6.45, 7) is 2.57. The second kappa shape index (κ2) is 7.01. The molecular formula is C20H18N6O3. The Balaban J connectivity index is 1.37. The number of aromatic nitrogens is 4. The van der Waals surface area contributed by atoms with E-state index in [1.807, 2.05) is 12.1 Å². The van der Waals surface area contributed by atoms with E-state index in [2.05, 4.69) is 20.0 Å². The van der Waals surface area contributed by atoms with Gasteiger partial charge in [-0.3, -0.25) is 9.48 Å². The molecule has 1 aromatic carbocycles. The molecule has 9 heteroatoms. The molecule has 0 radical (unpaired) electrons. The van der Waals surface area contributed by atoms with Crippen molar-refractivity contribution < 1.29 is 9.21 Å². The molecular weight excluding hydrogens is 372 g/mol. The number of para-hydroxylation sites is 1. The van der Waals surface area contributed by atoms with Crippen molar-refractivity contribution in [2.24, 2.45) is 0 Å². The number of amides is 1. The number of anilines is 1. The van der Waals surface area contributed by atoms with Crippen molar-refractivity contribution in [1.29, 1.82) is 0 Å². The highest BCUT2D eigenvalue weighted by molar-refractivity contribution is 6.02. The van der Waals surface area contributed by atoms with Crippen molar-refractivity contribution in [2.75, 3.05) is 31.1 Å². The van der Waals surface area contributed by atoms with Crippen LogP contribution < -0.4 is 10.5 Å². The number of hydrogen-bond donors (Lipinski definition) is 0. The number of hydrogen-bond acceptors (Lipinski definition) is 7. The van der Waals surface area contributed by atoms with Gasteiger partial charge in [0.05, 0.1) is 11.7 Å². The van der Waals surface area contributed by atoms with Crippen molar-refractivity contribution in [3.63, 3.8) is 0 Å². The zero-order chi connectivity index (χ0) is 19.8. The first-order valence-electron chi connectivity index (χ1n) is 9.38. The second-order valence-corrected chi connectivity index (χ2v) is 6.87. The number of piperazine rings is 1. The van der Waals surface area contributed by atoms with Crippen LogP contribution in [0.1, 0.15) is 0 Å². The highest BCUT2D eigenvalue weighted by atomic mass is 16.4. The van der Waals surface area contributed by atoms with Gasteiger partial charge in [0, 0.05) is 44.0 Å². The van der Waals surface area contributed by atoms with Crippen molar-refractivity contribution in [1.82, 2.24) is 24.6 Å². The van der Waals surface area contributed by atoms with E-state index in [0.29, 0.717) is 48.6 Å². The van der Waals surface area contributed by atoms with E-state index in [4.69, 9.17) is 4.42 Å². The van der Waals surface area contributed by atoms with Gasteiger partial charge in [-0.1, -0.05) is 12.1 Å². The largest absolute Gasteiger partial charge is 0.422 e. The van der Waals surface area contributed by atoms with Gasteiger partial charge in [0.1, 0.15) is 17.5 Å². The fourth-order valence-corrected chi connectivity index (χ4v) is 3.68. The Morgan fingerprint density at radius 1 is 1.00 bits per heavy atom. The third-order valence-corrected chi connectivity index (χ3v) is 5.16. The molecule has 29 heavy (non-hydrogen) atoms. The Labute approximate surface area is 165 Å². The second-order valence-electron chi connectivity index (χ2n) is 6.87. The zero-order valence-corrected chi connectivity index (χ0v) is 15.6. The average Bonchev–Trinajstić information content (AvgIpc) is 3.19. The molecule has 1 aliphatic rings. The van der Waals surface area contributed by atoms with Gasteiger partial charge in [-0.2, -0.15) is 5.10 Å². The molecule has 0 aliphatic carbocycles. The van der Waals surface area contributed by atoms with E-state index in [0.717, 1.165) is 5.39 Å². The van der Waals surface area contributed by atoms with E-state index < -0.39 is 5.63 Å². The van der Waals surface area contributed by atoms with Crippen LogP contribution in [-0.4, -0.2) is 56.7 Å². The molecule has 0 unspecified atom stereocenters. The van der Waals surface area contributed by atoms with Crippen LogP contribution in [0.15, 0.2) is 58.1 Å². The summed E-state index contributed by atoms with van der Waals surface area (Å²) in [7, 11) is 0. The standard InChI is InChI=1S/C20H18N6O3/c27-17(24-8-10-25(11-9-24)20-21-6-3-7-22-20)13-26-18-14-4-1-2-5-16(14)29-19(28)15(18)12-23-26/h1-7,12H,8-11,13H2. The fraction of sp³-hybridized carbons (Fsp3) is 0.250. The number of rotatable bonds is 3. The van der Waals surface area contributed by atoms with Crippen LogP contribution in [-0.2, 0) is 11.3 Å². The molecule has 3 aromatic heterocycles. The monoisotopic (exact) mass is 390 g/mol. The molecule has 0 bridgehead atoms. The molecule has 0 saturated carbocycles.